The molecule has 0 aromatic heterocycles. The van der Waals surface area contributed by atoms with E-state index in [4.69, 9.17) is 4.65 Å². The molecule has 0 unspecified atom stereocenters. The molecular weight excluding hydrogens is 175 g/mol. The summed E-state index contributed by atoms with van der Waals surface area (Å²) in [7, 11) is -0.810. The lowest BCUT2D eigenvalue weighted by molar-refractivity contribution is 0.174. The van der Waals surface area contributed by atoms with Crippen LogP contribution >= 0.6 is 0 Å². The fourth-order valence-corrected chi connectivity index (χ4v) is 1.04. The van der Waals surface area contributed by atoms with Crippen LogP contribution in [0.15, 0.2) is 30.3 Å². The van der Waals surface area contributed by atoms with Crippen molar-refractivity contribution in [3.63, 3.8) is 0 Å². The van der Waals surface area contributed by atoms with Gasteiger partial charge in [0, 0.05) is 6.61 Å². The minimum absolute atomic E-state index is 0.0791. The van der Waals surface area contributed by atoms with E-state index in [-0.39, 0.29) is 5.41 Å². The van der Waals surface area contributed by atoms with Crippen LogP contribution in [0.2, 0.25) is 0 Å². The molecule has 0 atom stereocenters. The zero-order chi connectivity index (χ0) is 10.6. The molecule has 1 aromatic carbocycles. The predicted molar refractivity (Wildman–Crippen MR) is 59.5 cm³/mol. The third kappa shape index (κ3) is 3.94. The van der Waals surface area contributed by atoms with E-state index in [2.05, 4.69) is 20.8 Å². The molecule has 14 heavy (non-hydrogen) atoms. The maximum atomic E-state index is 9.66. The maximum absolute atomic E-state index is 9.66. The second-order valence-electron chi connectivity index (χ2n) is 4.63. The summed E-state index contributed by atoms with van der Waals surface area (Å²) >= 11 is 0. The molecule has 0 heterocycles. The minimum Gasteiger partial charge on any atom is -0.423 e. The molecule has 2 nitrogen and oxygen atoms in total. The summed E-state index contributed by atoms with van der Waals surface area (Å²) in [5.41, 5.74) is 0.882. The van der Waals surface area contributed by atoms with Gasteiger partial charge in [-0.1, -0.05) is 51.1 Å². The van der Waals surface area contributed by atoms with Crippen LogP contribution < -0.4 is 5.46 Å². The molecule has 0 radical (unpaired) electrons. The van der Waals surface area contributed by atoms with Gasteiger partial charge in [0.15, 0.2) is 0 Å². The Morgan fingerprint density at radius 2 is 1.79 bits per heavy atom. The summed E-state index contributed by atoms with van der Waals surface area (Å²) in [5, 5.41) is 9.66. The molecule has 1 N–H and O–H groups in total. The molecule has 1 aromatic rings. The van der Waals surface area contributed by atoms with Crippen LogP contribution in [-0.2, 0) is 4.65 Å². The monoisotopic (exact) mass is 192 g/mol. The van der Waals surface area contributed by atoms with Crippen molar-refractivity contribution < 1.29 is 9.68 Å². The Bertz CT molecular complexity index is 266. The quantitative estimate of drug-likeness (QED) is 0.734. The summed E-state index contributed by atoms with van der Waals surface area (Å²) < 4.78 is 5.35. The molecule has 0 spiro atoms. The van der Waals surface area contributed by atoms with Crippen LogP contribution in [0.4, 0.5) is 0 Å². The molecule has 0 saturated carbocycles. The van der Waals surface area contributed by atoms with Crippen molar-refractivity contribution in [2.45, 2.75) is 20.8 Å². The van der Waals surface area contributed by atoms with Gasteiger partial charge in [-0.2, -0.15) is 0 Å². The fraction of sp³-hybridized carbons (Fsp3) is 0.455. The van der Waals surface area contributed by atoms with Gasteiger partial charge in [-0.05, 0) is 10.9 Å². The number of rotatable bonds is 3. The molecule has 3 heteroatoms. The first-order valence-electron chi connectivity index (χ1n) is 4.84. The molecule has 0 aliphatic rings. The lowest BCUT2D eigenvalue weighted by Crippen LogP contribution is -2.36. The highest BCUT2D eigenvalue weighted by atomic mass is 16.5. The van der Waals surface area contributed by atoms with Crippen LogP contribution in [0, 0.1) is 5.41 Å². The highest BCUT2D eigenvalue weighted by Gasteiger charge is 2.19. The molecule has 0 saturated heterocycles. The van der Waals surface area contributed by atoms with Gasteiger partial charge in [0.2, 0.25) is 0 Å². The van der Waals surface area contributed by atoms with Gasteiger partial charge < -0.3 is 9.68 Å². The highest BCUT2D eigenvalue weighted by Crippen LogP contribution is 2.12. The van der Waals surface area contributed by atoms with Crippen LogP contribution in [0.3, 0.4) is 0 Å². The summed E-state index contributed by atoms with van der Waals surface area (Å²) in [6.07, 6.45) is 0. The highest BCUT2D eigenvalue weighted by molar-refractivity contribution is 6.59. The maximum Gasteiger partial charge on any atom is 0.491 e. The van der Waals surface area contributed by atoms with E-state index >= 15 is 0 Å². The van der Waals surface area contributed by atoms with Crippen molar-refractivity contribution in [2.75, 3.05) is 6.61 Å². The Labute approximate surface area is 86.1 Å². The largest absolute Gasteiger partial charge is 0.491 e. The van der Waals surface area contributed by atoms with Crippen LogP contribution in [-0.4, -0.2) is 18.7 Å². The van der Waals surface area contributed by atoms with E-state index in [9.17, 15) is 5.02 Å². The fourth-order valence-electron chi connectivity index (χ4n) is 1.04. The Balaban J connectivity index is 2.48. The van der Waals surface area contributed by atoms with Crippen molar-refractivity contribution in [1.29, 1.82) is 0 Å². The molecule has 0 fully saturated rings. The van der Waals surface area contributed by atoms with Crippen molar-refractivity contribution in [3.8, 4) is 0 Å². The summed E-state index contributed by atoms with van der Waals surface area (Å²) in [6, 6.07) is 9.40. The zero-order valence-electron chi connectivity index (χ0n) is 9.03. The lowest BCUT2D eigenvalue weighted by Gasteiger charge is -2.19. The first-order valence-corrected chi connectivity index (χ1v) is 4.84. The third-order valence-electron chi connectivity index (χ3n) is 1.76. The van der Waals surface area contributed by atoms with Crippen molar-refractivity contribution in [1.82, 2.24) is 0 Å². The van der Waals surface area contributed by atoms with Crippen LogP contribution in [0.5, 0.6) is 0 Å². The second kappa shape index (κ2) is 4.62. The topological polar surface area (TPSA) is 29.5 Å². The van der Waals surface area contributed by atoms with E-state index in [1.54, 1.807) is 0 Å². The second-order valence-corrected chi connectivity index (χ2v) is 4.63. The normalized spacial score (nSPS) is 11.4. The van der Waals surface area contributed by atoms with Gasteiger partial charge in [0.25, 0.3) is 0 Å². The van der Waals surface area contributed by atoms with Crippen LogP contribution in [0.1, 0.15) is 20.8 Å². The van der Waals surface area contributed by atoms with Gasteiger partial charge in [-0.25, -0.2) is 0 Å². The molecule has 1 rings (SSSR count). The predicted octanol–water partition coefficient (Wildman–Crippen LogP) is 1.44. The van der Waals surface area contributed by atoms with E-state index in [1.807, 2.05) is 30.3 Å². The van der Waals surface area contributed by atoms with E-state index in [0.717, 1.165) is 5.46 Å². The van der Waals surface area contributed by atoms with Gasteiger partial charge in [0.1, 0.15) is 0 Å². The Morgan fingerprint density at radius 3 is 2.29 bits per heavy atom. The first-order chi connectivity index (χ1) is 6.49. The van der Waals surface area contributed by atoms with Gasteiger partial charge in [0.05, 0.1) is 0 Å². The smallest absolute Gasteiger partial charge is 0.423 e. The van der Waals surface area contributed by atoms with Crippen LogP contribution in [0.25, 0.3) is 0 Å². The van der Waals surface area contributed by atoms with Crippen molar-refractivity contribution in [3.05, 3.63) is 30.3 Å². The molecule has 0 aliphatic heterocycles. The Kier molecular flexibility index (Phi) is 3.73. The number of benzene rings is 1. The molecule has 0 aliphatic carbocycles. The summed E-state index contributed by atoms with van der Waals surface area (Å²) in [6.45, 7) is 6.77. The van der Waals surface area contributed by atoms with Gasteiger partial charge >= 0.3 is 7.12 Å². The lowest BCUT2D eigenvalue weighted by atomic mass is 9.79. The van der Waals surface area contributed by atoms with E-state index in [0.29, 0.717) is 6.61 Å². The molecular formula is C11H17BO2. The molecule has 76 valence electrons. The van der Waals surface area contributed by atoms with Crippen molar-refractivity contribution >= 4 is 12.6 Å². The Morgan fingerprint density at radius 1 is 1.21 bits per heavy atom. The SMILES string of the molecule is CC(C)(C)COB(O)c1ccccc1. The zero-order valence-corrected chi connectivity index (χ0v) is 9.03. The Hall–Kier alpha value is -0.795. The standard InChI is InChI=1S/C11H17BO2/c1-11(2,3)9-14-12(13)10-7-5-4-6-8-10/h4-8,13H,9H2,1-3H3. The average molecular weight is 192 g/mol. The molecule has 0 amide bonds. The average Bonchev–Trinajstić information content (AvgIpc) is 2.14. The van der Waals surface area contributed by atoms with E-state index < -0.39 is 7.12 Å². The van der Waals surface area contributed by atoms with Gasteiger partial charge in [-0.15, -0.1) is 0 Å². The number of hydrogen-bond acceptors (Lipinski definition) is 2. The molecule has 0 bridgehead atoms. The van der Waals surface area contributed by atoms with Crippen molar-refractivity contribution in [2.24, 2.45) is 5.41 Å². The minimum atomic E-state index is -0.810. The van der Waals surface area contributed by atoms with E-state index in [1.165, 1.54) is 0 Å². The summed E-state index contributed by atoms with van der Waals surface area (Å²) in [5.74, 6) is 0. The van der Waals surface area contributed by atoms with Gasteiger partial charge in [-0.3, -0.25) is 0 Å². The third-order valence-corrected chi connectivity index (χ3v) is 1.76. The number of hydrogen-bond donors (Lipinski definition) is 1. The summed E-state index contributed by atoms with van der Waals surface area (Å²) in [4.78, 5) is 0. The first kappa shape index (κ1) is 11.3.